The van der Waals surface area contributed by atoms with Gasteiger partial charge in [0, 0.05) is 24.1 Å². The number of hydrogen-bond donors (Lipinski definition) is 1. The molecule has 1 amide bonds. The van der Waals surface area contributed by atoms with Crippen LogP contribution in [0.4, 0.5) is 4.79 Å². The molecule has 2 heterocycles. The summed E-state index contributed by atoms with van der Waals surface area (Å²) < 4.78 is 18.7. The highest BCUT2D eigenvalue weighted by Gasteiger charge is 2.55. The number of aromatic nitrogens is 1. The van der Waals surface area contributed by atoms with Crippen LogP contribution in [0.15, 0.2) is 21.5 Å². The van der Waals surface area contributed by atoms with Gasteiger partial charge in [-0.2, -0.15) is 0 Å². The number of rotatable bonds is 6. The van der Waals surface area contributed by atoms with Crippen LogP contribution in [0.2, 0.25) is 0 Å². The number of nitrogens with zero attached hydrogens (tertiary/aromatic N) is 1. The van der Waals surface area contributed by atoms with Crippen LogP contribution in [-0.4, -0.2) is 42.1 Å². The Labute approximate surface area is 167 Å². The van der Waals surface area contributed by atoms with Crippen LogP contribution < -0.4 is 10.9 Å². The highest BCUT2D eigenvalue weighted by atomic mass is 79.9. The molecule has 1 N–H and O–H groups in total. The fourth-order valence-corrected chi connectivity index (χ4v) is 3.95. The van der Waals surface area contributed by atoms with Crippen molar-refractivity contribution in [2.45, 2.75) is 52.0 Å². The van der Waals surface area contributed by atoms with Crippen molar-refractivity contribution in [3.05, 3.63) is 32.7 Å². The van der Waals surface area contributed by atoms with E-state index in [0.717, 1.165) is 18.8 Å². The van der Waals surface area contributed by atoms with E-state index < -0.39 is 11.7 Å². The number of fused-ring (bicyclic) bond motifs is 1. The van der Waals surface area contributed by atoms with Gasteiger partial charge >= 0.3 is 6.09 Å². The summed E-state index contributed by atoms with van der Waals surface area (Å²) in [6.45, 7) is 9.48. The Morgan fingerprint density at radius 3 is 2.70 bits per heavy atom. The van der Waals surface area contributed by atoms with Crippen LogP contribution >= 0.6 is 15.9 Å². The minimum atomic E-state index is -0.531. The van der Waals surface area contributed by atoms with E-state index in [1.807, 2.05) is 38.5 Å². The molecule has 8 heteroatoms. The number of pyridine rings is 1. The molecule has 1 aliphatic carbocycles. The van der Waals surface area contributed by atoms with Gasteiger partial charge in [0.15, 0.2) is 0 Å². The largest absolute Gasteiger partial charge is 0.444 e. The van der Waals surface area contributed by atoms with Crippen molar-refractivity contribution in [1.82, 2.24) is 9.88 Å². The molecule has 0 bridgehead atoms. The maximum atomic E-state index is 12.4. The zero-order chi connectivity index (χ0) is 19.8. The van der Waals surface area contributed by atoms with Crippen molar-refractivity contribution in [2.24, 2.45) is 11.8 Å². The van der Waals surface area contributed by atoms with Gasteiger partial charge in [0.25, 0.3) is 5.56 Å². The fraction of sp³-hybridized carbons (Fsp3) is 0.684. The molecule has 1 aliphatic heterocycles. The van der Waals surface area contributed by atoms with E-state index >= 15 is 0 Å². The standard InChI is InChI=1S/C19H27BrN2O5/c1-11(21-18(24)27-19(2,3)4)7-25-8-12-5-15(20)17(23)22(6-12)16-13-9-26-10-14(13)16/h5-6,11,13-14,16H,7-10H2,1-4H3,(H,21,24)/t11-,13-,14+,16?/m1/s1. The monoisotopic (exact) mass is 442 g/mol. The molecular weight excluding hydrogens is 416 g/mol. The first kappa shape index (κ1) is 20.4. The molecule has 150 valence electrons. The number of nitrogens with one attached hydrogen (secondary N) is 1. The first-order valence-corrected chi connectivity index (χ1v) is 10.0. The lowest BCUT2D eigenvalue weighted by atomic mass is 10.2. The van der Waals surface area contributed by atoms with E-state index in [1.54, 1.807) is 6.07 Å². The zero-order valence-electron chi connectivity index (χ0n) is 16.2. The summed E-state index contributed by atoms with van der Waals surface area (Å²) in [7, 11) is 0. The van der Waals surface area contributed by atoms with Gasteiger partial charge in [-0.25, -0.2) is 4.79 Å². The Morgan fingerprint density at radius 1 is 1.41 bits per heavy atom. The quantitative estimate of drug-likeness (QED) is 0.732. The van der Waals surface area contributed by atoms with E-state index in [4.69, 9.17) is 14.2 Å². The van der Waals surface area contributed by atoms with Gasteiger partial charge in [-0.15, -0.1) is 0 Å². The van der Waals surface area contributed by atoms with Gasteiger partial charge < -0.3 is 24.1 Å². The molecule has 4 atom stereocenters. The minimum absolute atomic E-state index is 0.0156. The summed E-state index contributed by atoms with van der Waals surface area (Å²) in [5.41, 5.74) is 0.367. The second kappa shape index (κ2) is 7.93. The van der Waals surface area contributed by atoms with Gasteiger partial charge in [-0.05, 0) is 55.3 Å². The average Bonchev–Trinajstić information content (AvgIpc) is 2.99. The summed E-state index contributed by atoms with van der Waals surface area (Å²) in [6.07, 6.45) is 1.42. The van der Waals surface area contributed by atoms with Crippen molar-refractivity contribution < 1.29 is 19.0 Å². The molecule has 1 aromatic heterocycles. The minimum Gasteiger partial charge on any atom is -0.444 e. The maximum absolute atomic E-state index is 12.4. The van der Waals surface area contributed by atoms with Gasteiger partial charge in [-0.3, -0.25) is 4.79 Å². The van der Waals surface area contributed by atoms with E-state index in [2.05, 4.69) is 21.2 Å². The second-order valence-corrected chi connectivity index (χ2v) is 9.18. The van der Waals surface area contributed by atoms with Crippen LogP contribution in [-0.2, 0) is 20.8 Å². The van der Waals surface area contributed by atoms with Gasteiger partial charge in [0.2, 0.25) is 0 Å². The Kier molecular flexibility index (Phi) is 5.98. The van der Waals surface area contributed by atoms with Gasteiger partial charge in [0.1, 0.15) is 5.60 Å². The average molecular weight is 443 g/mol. The fourth-order valence-electron chi connectivity index (χ4n) is 3.45. The Morgan fingerprint density at radius 2 is 2.07 bits per heavy atom. The molecule has 0 aromatic carbocycles. The number of ether oxygens (including phenoxy) is 3. The van der Waals surface area contributed by atoms with E-state index in [0.29, 0.717) is 29.5 Å². The van der Waals surface area contributed by atoms with Crippen LogP contribution in [0.3, 0.4) is 0 Å². The summed E-state index contributed by atoms with van der Waals surface area (Å²) in [5, 5.41) is 2.75. The van der Waals surface area contributed by atoms with Crippen LogP contribution in [0.25, 0.3) is 0 Å². The van der Waals surface area contributed by atoms with E-state index in [9.17, 15) is 9.59 Å². The lowest BCUT2D eigenvalue weighted by Gasteiger charge is -2.22. The van der Waals surface area contributed by atoms with Crippen molar-refractivity contribution >= 4 is 22.0 Å². The molecule has 7 nitrogen and oxygen atoms in total. The normalized spacial score (nSPS) is 25.0. The lowest BCUT2D eigenvalue weighted by Crippen LogP contribution is -2.39. The van der Waals surface area contributed by atoms with Gasteiger partial charge in [0.05, 0.1) is 36.9 Å². The number of halogens is 1. The molecule has 1 aromatic rings. The molecular formula is C19H27BrN2O5. The third-order valence-electron chi connectivity index (χ3n) is 4.68. The molecule has 27 heavy (non-hydrogen) atoms. The van der Waals surface area contributed by atoms with Crippen molar-refractivity contribution in [3.8, 4) is 0 Å². The van der Waals surface area contributed by atoms with Crippen LogP contribution in [0.5, 0.6) is 0 Å². The van der Waals surface area contributed by atoms with Crippen molar-refractivity contribution in [3.63, 3.8) is 0 Å². The third-order valence-corrected chi connectivity index (χ3v) is 5.25. The SMILES string of the molecule is C[C@H](COCc1cc(Br)c(=O)n(C2[C@H]3COC[C@@H]23)c1)NC(=O)OC(C)(C)C. The molecule has 1 unspecified atom stereocenters. The van der Waals surface area contributed by atoms with Gasteiger partial charge in [-0.1, -0.05) is 0 Å². The molecule has 2 fully saturated rings. The molecule has 3 rings (SSSR count). The summed E-state index contributed by atoms with van der Waals surface area (Å²) in [5.74, 6) is 0.896. The molecule has 1 saturated heterocycles. The van der Waals surface area contributed by atoms with Crippen LogP contribution in [0, 0.1) is 11.8 Å². The van der Waals surface area contributed by atoms with Crippen LogP contribution in [0.1, 0.15) is 39.3 Å². The predicted molar refractivity (Wildman–Crippen MR) is 104 cm³/mol. The molecule has 2 aliphatic rings. The summed E-state index contributed by atoms with van der Waals surface area (Å²) in [4.78, 5) is 24.2. The highest BCUT2D eigenvalue weighted by molar-refractivity contribution is 9.10. The number of hydrogen-bond acceptors (Lipinski definition) is 5. The van der Waals surface area contributed by atoms with E-state index in [-0.39, 0.29) is 17.6 Å². The number of carbonyl (C=O) groups is 1. The summed E-state index contributed by atoms with van der Waals surface area (Å²) >= 11 is 3.36. The molecule has 0 radical (unpaired) electrons. The number of alkyl carbamates (subject to hydrolysis) is 1. The highest BCUT2D eigenvalue weighted by Crippen LogP contribution is 2.53. The maximum Gasteiger partial charge on any atom is 0.407 e. The zero-order valence-corrected chi connectivity index (χ0v) is 17.7. The molecule has 0 spiro atoms. The lowest BCUT2D eigenvalue weighted by molar-refractivity contribution is 0.0441. The van der Waals surface area contributed by atoms with Crippen molar-refractivity contribution in [2.75, 3.05) is 19.8 Å². The topological polar surface area (TPSA) is 78.8 Å². The Balaban J connectivity index is 1.52. The third kappa shape index (κ3) is 5.12. The first-order valence-electron chi connectivity index (χ1n) is 9.21. The molecule has 1 saturated carbocycles. The Bertz CT molecular complexity index is 747. The Hall–Kier alpha value is -1.38. The van der Waals surface area contributed by atoms with Crippen molar-refractivity contribution in [1.29, 1.82) is 0 Å². The number of amides is 1. The second-order valence-electron chi connectivity index (χ2n) is 8.33. The predicted octanol–water partition coefficient (Wildman–Crippen LogP) is 2.86. The van der Waals surface area contributed by atoms with E-state index in [1.165, 1.54) is 0 Å². The first-order chi connectivity index (χ1) is 12.7. The smallest absolute Gasteiger partial charge is 0.407 e. The summed E-state index contributed by atoms with van der Waals surface area (Å²) in [6, 6.07) is 1.84. The number of carbonyl (C=O) groups excluding carboxylic acids is 1.